The molecular weight excluding hydrogens is 496 g/mol. The first kappa shape index (κ1) is 23.4. The second-order valence-electron chi connectivity index (χ2n) is 7.09. The summed E-state index contributed by atoms with van der Waals surface area (Å²) in [6, 6.07) is 14.5. The molecule has 1 aromatic carbocycles. The molecule has 0 aliphatic heterocycles. The number of benzene rings is 1. The summed E-state index contributed by atoms with van der Waals surface area (Å²) in [5.74, 6) is -0.262. The molecule has 3 heterocycles. The number of aromatic hydroxyl groups is 1. The number of thiophene rings is 3. The summed E-state index contributed by atoms with van der Waals surface area (Å²) in [6.45, 7) is 2.15. The SMILES string of the molecule is CC(=NCC(=O)c1ccc(C(=O)NCc2cccs2)s1)c1csc(-c2cccc(Cl)c2)c1O. The largest absolute Gasteiger partial charge is 0.506 e. The number of carbonyl (C=O) groups excluding carboxylic acids is 2. The fraction of sp³-hybridized carbons (Fsp3) is 0.125. The van der Waals surface area contributed by atoms with E-state index in [4.69, 9.17) is 11.6 Å². The Bertz CT molecular complexity index is 1320. The maximum absolute atomic E-state index is 12.6. The van der Waals surface area contributed by atoms with Crippen molar-refractivity contribution in [1.29, 1.82) is 0 Å². The van der Waals surface area contributed by atoms with Gasteiger partial charge < -0.3 is 10.4 Å². The molecule has 0 fully saturated rings. The van der Waals surface area contributed by atoms with E-state index in [-0.39, 0.29) is 24.0 Å². The molecule has 0 aliphatic rings. The average Bonchev–Trinajstić information content (AvgIpc) is 3.56. The van der Waals surface area contributed by atoms with E-state index in [1.54, 1.807) is 42.5 Å². The number of amides is 1. The van der Waals surface area contributed by atoms with Crippen LogP contribution in [0.5, 0.6) is 5.75 Å². The second-order valence-corrected chi connectivity index (χ2v) is 10.5. The minimum absolute atomic E-state index is 0.0651. The van der Waals surface area contributed by atoms with Gasteiger partial charge in [-0.15, -0.1) is 34.0 Å². The van der Waals surface area contributed by atoms with Gasteiger partial charge >= 0.3 is 0 Å². The second kappa shape index (κ2) is 10.4. The van der Waals surface area contributed by atoms with Crippen molar-refractivity contribution in [2.45, 2.75) is 13.5 Å². The lowest BCUT2D eigenvalue weighted by atomic mass is 10.1. The maximum Gasteiger partial charge on any atom is 0.261 e. The van der Waals surface area contributed by atoms with Gasteiger partial charge in [0.05, 0.1) is 21.2 Å². The number of hydrogen-bond donors (Lipinski definition) is 2. The van der Waals surface area contributed by atoms with Crippen LogP contribution in [0.4, 0.5) is 0 Å². The first-order valence-electron chi connectivity index (χ1n) is 9.94. The molecule has 0 atom stereocenters. The molecule has 0 saturated heterocycles. The number of aliphatic imine (C=N–C) groups is 1. The minimum atomic E-state index is -0.205. The van der Waals surface area contributed by atoms with Gasteiger partial charge in [0, 0.05) is 26.6 Å². The smallest absolute Gasteiger partial charge is 0.261 e. The zero-order valence-corrected chi connectivity index (χ0v) is 20.7. The number of halogens is 1. The van der Waals surface area contributed by atoms with Gasteiger partial charge in [0.15, 0.2) is 5.78 Å². The fourth-order valence-electron chi connectivity index (χ4n) is 3.07. The van der Waals surface area contributed by atoms with Crippen molar-refractivity contribution in [3.05, 3.63) is 84.5 Å². The molecule has 0 spiro atoms. The van der Waals surface area contributed by atoms with E-state index in [9.17, 15) is 14.7 Å². The van der Waals surface area contributed by atoms with Crippen LogP contribution in [0, 0.1) is 0 Å². The van der Waals surface area contributed by atoms with Crippen LogP contribution in [0.15, 0.2) is 64.3 Å². The third-order valence-corrected chi connectivity index (χ3v) is 8.06. The molecule has 33 heavy (non-hydrogen) atoms. The number of hydrogen-bond acceptors (Lipinski definition) is 7. The van der Waals surface area contributed by atoms with E-state index in [0.29, 0.717) is 37.5 Å². The Morgan fingerprint density at radius 2 is 1.91 bits per heavy atom. The van der Waals surface area contributed by atoms with Gasteiger partial charge in [-0.2, -0.15) is 0 Å². The van der Waals surface area contributed by atoms with Gasteiger partial charge in [0.1, 0.15) is 12.3 Å². The summed E-state index contributed by atoms with van der Waals surface area (Å²) in [6.07, 6.45) is 0. The third-order valence-electron chi connectivity index (χ3n) is 4.81. The van der Waals surface area contributed by atoms with Gasteiger partial charge in [-0.3, -0.25) is 14.6 Å². The van der Waals surface area contributed by atoms with Crippen molar-refractivity contribution < 1.29 is 14.7 Å². The molecule has 9 heteroatoms. The Balaban J connectivity index is 1.40. The molecular formula is C24H19ClN2O3S3. The molecule has 2 N–H and O–H groups in total. The number of ketones is 1. The molecule has 168 valence electrons. The third kappa shape index (κ3) is 5.59. The molecule has 3 aromatic heterocycles. The van der Waals surface area contributed by atoms with E-state index in [2.05, 4.69) is 10.3 Å². The van der Waals surface area contributed by atoms with Crippen LogP contribution in [0.25, 0.3) is 10.4 Å². The summed E-state index contributed by atoms with van der Waals surface area (Å²) in [4.78, 5) is 32.0. The molecule has 0 saturated carbocycles. The molecule has 0 bridgehead atoms. The van der Waals surface area contributed by atoms with Crippen LogP contribution in [0.2, 0.25) is 5.02 Å². The topological polar surface area (TPSA) is 78.8 Å². The lowest BCUT2D eigenvalue weighted by Gasteiger charge is -2.03. The zero-order chi connectivity index (χ0) is 23.4. The number of rotatable bonds is 8. The summed E-state index contributed by atoms with van der Waals surface area (Å²) >= 11 is 10.2. The quantitative estimate of drug-likeness (QED) is 0.207. The fourth-order valence-corrected chi connectivity index (χ4v) is 5.76. The van der Waals surface area contributed by atoms with Crippen molar-refractivity contribution in [3.63, 3.8) is 0 Å². The van der Waals surface area contributed by atoms with E-state index >= 15 is 0 Å². The van der Waals surface area contributed by atoms with Crippen molar-refractivity contribution in [2.24, 2.45) is 4.99 Å². The maximum atomic E-state index is 12.6. The number of carbonyl (C=O) groups is 2. The molecule has 5 nitrogen and oxygen atoms in total. The van der Waals surface area contributed by atoms with Crippen molar-refractivity contribution in [1.82, 2.24) is 5.32 Å². The molecule has 0 unspecified atom stereocenters. The predicted octanol–water partition coefficient (Wildman–Crippen LogP) is 6.52. The minimum Gasteiger partial charge on any atom is -0.506 e. The molecule has 0 aliphatic carbocycles. The Labute approximate surface area is 208 Å². The van der Waals surface area contributed by atoms with Crippen LogP contribution in [0.3, 0.4) is 0 Å². The highest BCUT2D eigenvalue weighted by Crippen LogP contribution is 2.39. The number of Topliss-reactive ketones (excluding diaryl/α,β-unsaturated/α-hetero) is 1. The van der Waals surface area contributed by atoms with E-state index in [0.717, 1.165) is 21.8 Å². The monoisotopic (exact) mass is 514 g/mol. The average molecular weight is 515 g/mol. The van der Waals surface area contributed by atoms with E-state index < -0.39 is 0 Å². The van der Waals surface area contributed by atoms with Crippen LogP contribution in [-0.2, 0) is 6.54 Å². The van der Waals surface area contributed by atoms with Crippen LogP contribution in [0.1, 0.15) is 36.7 Å². The molecule has 4 aromatic rings. The lowest BCUT2D eigenvalue weighted by molar-refractivity contribution is 0.0954. The lowest BCUT2D eigenvalue weighted by Crippen LogP contribution is -2.21. The summed E-state index contributed by atoms with van der Waals surface area (Å²) < 4.78 is 0. The van der Waals surface area contributed by atoms with Crippen LogP contribution in [-0.4, -0.2) is 29.1 Å². The van der Waals surface area contributed by atoms with Crippen LogP contribution < -0.4 is 5.32 Å². The van der Waals surface area contributed by atoms with Gasteiger partial charge in [-0.25, -0.2) is 0 Å². The summed E-state index contributed by atoms with van der Waals surface area (Å²) in [5.41, 5.74) is 1.97. The Morgan fingerprint density at radius 1 is 1.09 bits per heavy atom. The highest BCUT2D eigenvalue weighted by molar-refractivity contribution is 7.16. The number of nitrogens with one attached hydrogen (secondary N) is 1. The van der Waals surface area contributed by atoms with E-state index in [1.807, 2.05) is 35.0 Å². The Hall–Kier alpha value is -2.78. The zero-order valence-electron chi connectivity index (χ0n) is 17.5. The summed E-state index contributed by atoms with van der Waals surface area (Å²) in [5, 5.41) is 17.9. The van der Waals surface area contributed by atoms with Crippen LogP contribution >= 0.6 is 45.6 Å². The van der Waals surface area contributed by atoms with Gasteiger partial charge in [0.25, 0.3) is 5.91 Å². The van der Waals surface area contributed by atoms with Crippen molar-refractivity contribution in [3.8, 4) is 16.2 Å². The van der Waals surface area contributed by atoms with Gasteiger partial charge in [-0.1, -0.05) is 29.8 Å². The number of nitrogens with zero attached hydrogens (tertiary/aromatic N) is 1. The highest BCUT2D eigenvalue weighted by atomic mass is 35.5. The van der Waals surface area contributed by atoms with E-state index in [1.165, 1.54) is 11.3 Å². The van der Waals surface area contributed by atoms with Gasteiger partial charge in [-0.05, 0) is 48.2 Å². The molecule has 1 amide bonds. The first-order chi connectivity index (χ1) is 15.9. The normalized spacial score (nSPS) is 11.5. The summed E-state index contributed by atoms with van der Waals surface area (Å²) in [7, 11) is 0. The highest BCUT2D eigenvalue weighted by Gasteiger charge is 2.17. The molecule has 4 rings (SSSR count). The Morgan fingerprint density at radius 3 is 2.67 bits per heavy atom. The van der Waals surface area contributed by atoms with Gasteiger partial charge in [0.2, 0.25) is 0 Å². The predicted molar refractivity (Wildman–Crippen MR) is 138 cm³/mol. The standard InChI is InChI=1S/C24H19ClN2O3S3/c1-14(18-13-32-23(22(18)29)15-4-2-5-16(25)10-15)26-12-19(28)20-7-8-21(33-20)24(30)27-11-17-6-3-9-31-17/h2-10,13,29H,11-12H2,1H3,(H,27,30). The molecule has 0 radical (unpaired) electrons. The first-order valence-corrected chi connectivity index (χ1v) is 12.9. The van der Waals surface area contributed by atoms with Crippen molar-refractivity contribution >= 4 is 63.0 Å². The van der Waals surface area contributed by atoms with Crippen molar-refractivity contribution in [2.75, 3.05) is 6.54 Å². The Kier molecular flexibility index (Phi) is 7.39.